The minimum atomic E-state index is -4.23. The number of nitro benzene ring substituents is 1. The number of hydrogen-bond donors (Lipinski definition) is 0. The van der Waals surface area contributed by atoms with Crippen LogP contribution in [0, 0.1) is 17.0 Å². The van der Waals surface area contributed by atoms with Gasteiger partial charge in [0.25, 0.3) is 5.69 Å². The molecule has 7 nitrogen and oxygen atoms in total. The van der Waals surface area contributed by atoms with E-state index in [2.05, 4.69) is 0 Å². The molecule has 0 radical (unpaired) electrons. The fraction of sp³-hybridized carbons (Fsp3) is 0.130. The average molecular weight is 472 g/mol. The predicted molar refractivity (Wildman–Crippen MR) is 120 cm³/mol. The lowest BCUT2D eigenvalue weighted by Crippen LogP contribution is -2.33. The molecule has 0 aliphatic rings. The van der Waals surface area contributed by atoms with Crippen LogP contribution in [0.15, 0.2) is 77.7 Å². The maximum atomic E-state index is 13.4. The molecule has 0 heterocycles. The second kappa shape index (κ2) is 9.42. The zero-order valence-electron chi connectivity index (χ0n) is 16.9. The highest BCUT2D eigenvalue weighted by Gasteiger charge is 2.36. The van der Waals surface area contributed by atoms with Crippen LogP contribution in [0.5, 0.6) is 0 Å². The molecule has 0 N–H and O–H groups in total. The van der Waals surface area contributed by atoms with Crippen molar-refractivity contribution in [2.45, 2.75) is 23.5 Å². The number of non-ortho nitro benzene ring substituents is 1. The van der Waals surface area contributed by atoms with Gasteiger partial charge >= 0.3 is 0 Å². The van der Waals surface area contributed by atoms with Gasteiger partial charge in [-0.05, 0) is 55.5 Å². The Bertz CT molecular complexity index is 1270. The van der Waals surface area contributed by atoms with Gasteiger partial charge in [0, 0.05) is 34.7 Å². The Labute approximate surface area is 189 Å². The number of carbonyl (C=O) groups excluding carboxylic acids is 2. The van der Waals surface area contributed by atoms with E-state index in [-0.39, 0.29) is 21.7 Å². The highest BCUT2D eigenvalue weighted by molar-refractivity contribution is 7.92. The Kier molecular flexibility index (Phi) is 6.86. The second-order valence-corrected chi connectivity index (χ2v) is 9.72. The number of nitro groups is 1. The molecular formula is C23H18ClNO6S. The summed E-state index contributed by atoms with van der Waals surface area (Å²) in [5.74, 6) is -1.36. The number of aryl methyl sites for hydroxylation is 1. The lowest BCUT2D eigenvalue weighted by Gasteiger charge is -2.17. The predicted octanol–water partition coefficient (Wildman–Crippen LogP) is 4.85. The van der Waals surface area contributed by atoms with Crippen molar-refractivity contribution in [2.75, 3.05) is 0 Å². The van der Waals surface area contributed by atoms with Crippen LogP contribution in [-0.4, -0.2) is 30.2 Å². The number of carbonyl (C=O) groups is 2. The van der Waals surface area contributed by atoms with E-state index in [1.165, 1.54) is 48.5 Å². The van der Waals surface area contributed by atoms with Gasteiger partial charge in [-0.25, -0.2) is 8.42 Å². The maximum Gasteiger partial charge on any atom is 0.269 e. The van der Waals surface area contributed by atoms with E-state index < -0.39 is 38.0 Å². The molecule has 0 unspecified atom stereocenters. The topological polar surface area (TPSA) is 111 Å². The number of nitrogens with zero attached hydrogens (tertiary/aromatic N) is 1. The van der Waals surface area contributed by atoms with E-state index in [9.17, 15) is 28.1 Å². The fourth-order valence-corrected chi connectivity index (χ4v) is 4.85. The zero-order chi connectivity index (χ0) is 23.5. The minimum Gasteiger partial charge on any atom is -0.294 e. The summed E-state index contributed by atoms with van der Waals surface area (Å²) in [6.07, 6.45) is -0.590. The molecular weight excluding hydrogens is 454 g/mol. The molecule has 3 aromatic rings. The molecule has 1 atom stereocenters. The quantitative estimate of drug-likeness (QED) is 0.263. The van der Waals surface area contributed by atoms with Gasteiger partial charge in [-0.15, -0.1) is 0 Å². The van der Waals surface area contributed by atoms with Gasteiger partial charge in [-0.1, -0.05) is 29.3 Å². The molecule has 0 saturated carbocycles. The molecule has 0 amide bonds. The Balaban J connectivity index is 2.02. The van der Waals surface area contributed by atoms with Gasteiger partial charge in [0.1, 0.15) is 5.25 Å². The van der Waals surface area contributed by atoms with Crippen molar-refractivity contribution < 1.29 is 22.9 Å². The summed E-state index contributed by atoms with van der Waals surface area (Å²) in [5, 5.41) is 9.60. The first kappa shape index (κ1) is 23.3. The van der Waals surface area contributed by atoms with E-state index in [0.29, 0.717) is 5.02 Å². The molecule has 3 aromatic carbocycles. The number of sulfone groups is 1. The fourth-order valence-electron chi connectivity index (χ4n) is 3.09. The molecule has 0 aliphatic carbocycles. The third-order valence-electron chi connectivity index (χ3n) is 4.92. The summed E-state index contributed by atoms with van der Waals surface area (Å²) < 4.78 is 26.7. The van der Waals surface area contributed by atoms with Crippen LogP contribution in [-0.2, 0) is 9.84 Å². The third kappa shape index (κ3) is 5.09. The summed E-state index contributed by atoms with van der Waals surface area (Å²) in [7, 11) is -4.23. The number of Topliss-reactive ketones (excluding diaryl/α,β-unsaturated/α-hetero) is 2. The lowest BCUT2D eigenvalue weighted by atomic mass is 10.0. The lowest BCUT2D eigenvalue weighted by molar-refractivity contribution is -0.384. The van der Waals surface area contributed by atoms with Gasteiger partial charge < -0.3 is 0 Å². The van der Waals surface area contributed by atoms with Crippen molar-refractivity contribution in [1.82, 2.24) is 0 Å². The monoisotopic (exact) mass is 471 g/mol. The highest BCUT2D eigenvalue weighted by Crippen LogP contribution is 2.25. The number of halogens is 1. The zero-order valence-corrected chi connectivity index (χ0v) is 18.5. The maximum absolute atomic E-state index is 13.4. The van der Waals surface area contributed by atoms with Gasteiger partial charge in [0.2, 0.25) is 0 Å². The molecule has 0 bridgehead atoms. The number of benzene rings is 3. The summed E-state index contributed by atoms with van der Waals surface area (Å²) in [6, 6.07) is 16.5. The average Bonchev–Trinajstić information content (AvgIpc) is 2.77. The van der Waals surface area contributed by atoms with Gasteiger partial charge in [-0.3, -0.25) is 19.7 Å². The molecule has 3 rings (SSSR count). The van der Waals surface area contributed by atoms with Crippen molar-refractivity contribution in [2.24, 2.45) is 0 Å². The van der Waals surface area contributed by atoms with E-state index >= 15 is 0 Å². The molecule has 9 heteroatoms. The van der Waals surface area contributed by atoms with E-state index in [0.717, 1.165) is 17.7 Å². The largest absolute Gasteiger partial charge is 0.294 e. The Hall–Kier alpha value is -3.36. The number of hydrogen-bond acceptors (Lipinski definition) is 6. The molecule has 0 aromatic heterocycles. The first-order chi connectivity index (χ1) is 15.1. The standard InChI is InChI=1S/C23H18ClNO6S/c1-15-2-12-20(13-3-15)32(30,31)22(14-21(26)16-4-8-18(24)9-5-16)23(27)17-6-10-19(11-7-17)25(28)29/h2-13,22H,14H2,1H3/t22-/m1/s1. The minimum absolute atomic E-state index is 0.0415. The van der Waals surface area contributed by atoms with Crippen LogP contribution in [0.1, 0.15) is 32.7 Å². The van der Waals surface area contributed by atoms with Crippen molar-refractivity contribution in [3.8, 4) is 0 Å². The first-order valence-electron chi connectivity index (χ1n) is 9.47. The normalized spacial score (nSPS) is 12.2. The van der Waals surface area contributed by atoms with Crippen LogP contribution >= 0.6 is 11.6 Å². The van der Waals surface area contributed by atoms with Crippen molar-refractivity contribution >= 4 is 38.7 Å². The van der Waals surface area contributed by atoms with Crippen molar-refractivity contribution in [3.05, 3.63) is 105 Å². The molecule has 0 spiro atoms. The van der Waals surface area contributed by atoms with Crippen molar-refractivity contribution in [3.63, 3.8) is 0 Å². The van der Waals surface area contributed by atoms with Crippen LogP contribution in [0.4, 0.5) is 5.69 Å². The molecule has 164 valence electrons. The Morgan fingerprint density at radius 3 is 1.97 bits per heavy atom. The SMILES string of the molecule is Cc1ccc(S(=O)(=O)[C@H](CC(=O)c2ccc(Cl)cc2)C(=O)c2ccc([N+](=O)[O-])cc2)cc1. The summed E-state index contributed by atoms with van der Waals surface area (Å²) in [4.78, 5) is 36.2. The second-order valence-electron chi connectivity index (χ2n) is 7.15. The van der Waals surface area contributed by atoms with Crippen LogP contribution in [0.2, 0.25) is 5.02 Å². The van der Waals surface area contributed by atoms with E-state index in [1.54, 1.807) is 19.1 Å². The van der Waals surface area contributed by atoms with Gasteiger partial charge in [-0.2, -0.15) is 0 Å². The smallest absolute Gasteiger partial charge is 0.269 e. The highest BCUT2D eigenvalue weighted by atomic mass is 35.5. The number of ketones is 2. The molecule has 0 aliphatic heterocycles. The van der Waals surface area contributed by atoms with Crippen LogP contribution in [0.25, 0.3) is 0 Å². The van der Waals surface area contributed by atoms with E-state index in [1.807, 2.05) is 0 Å². The van der Waals surface area contributed by atoms with Crippen molar-refractivity contribution in [1.29, 1.82) is 0 Å². The van der Waals surface area contributed by atoms with Crippen LogP contribution in [0.3, 0.4) is 0 Å². The third-order valence-corrected chi connectivity index (χ3v) is 7.23. The first-order valence-corrected chi connectivity index (χ1v) is 11.4. The molecule has 0 fully saturated rings. The number of rotatable bonds is 8. The Morgan fingerprint density at radius 2 is 1.44 bits per heavy atom. The molecule has 32 heavy (non-hydrogen) atoms. The summed E-state index contributed by atoms with van der Waals surface area (Å²) in [5.41, 5.74) is 0.770. The van der Waals surface area contributed by atoms with E-state index in [4.69, 9.17) is 11.6 Å². The van der Waals surface area contributed by atoms with Gasteiger partial charge in [0.15, 0.2) is 21.4 Å². The summed E-state index contributed by atoms with van der Waals surface area (Å²) >= 11 is 5.84. The Morgan fingerprint density at radius 1 is 0.906 bits per heavy atom. The van der Waals surface area contributed by atoms with Crippen LogP contribution < -0.4 is 0 Å². The van der Waals surface area contributed by atoms with Gasteiger partial charge in [0.05, 0.1) is 9.82 Å². The summed E-state index contributed by atoms with van der Waals surface area (Å²) in [6.45, 7) is 1.79. The molecule has 0 saturated heterocycles.